The van der Waals surface area contributed by atoms with Gasteiger partial charge in [0.05, 0.1) is 17.4 Å². The predicted molar refractivity (Wildman–Crippen MR) is 89.1 cm³/mol. The molecular formula is C16H18N2O2S2. The quantitative estimate of drug-likeness (QED) is 0.883. The Hall–Kier alpha value is -1.68. The molecule has 0 aliphatic rings. The highest BCUT2D eigenvalue weighted by molar-refractivity contribution is 7.88. The molecule has 0 saturated carbocycles. The van der Waals surface area contributed by atoms with E-state index in [0.717, 1.165) is 0 Å². The number of benzene rings is 1. The monoisotopic (exact) mass is 334 g/mol. The molecule has 0 saturated heterocycles. The molecule has 0 bridgehead atoms. The first kappa shape index (κ1) is 16.7. The third kappa shape index (κ3) is 4.95. The van der Waals surface area contributed by atoms with Gasteiger partial charge >= 0.3 is 0 Å². The van der Waals surface area contributed by atoms with Gasteiger partial charge in [-0.3, -0.25) is 0 Å². The third-order valence-corrected chi connectivity index (χ3v) is 5.59. The van der Waals surface area contributed by atoms with E-state index in [2.05, 4.69) is 4.72 Å². The van der Waals surface area contributed by atoms with E-state index in [1.807, 2.05) is 32.0 Å². The number of thiophene rings is 1. The Morgan fingerprint density at radius 2 is 2.09 bits per heavy atom. The average Bonchev–Trinajstić information content (AvgIpc) is 2.82. The fourth-order valence-electron chi connectivity index (χ4n) is 2.24. The summed E-state index contributed by atoms with van der Waals surface area (Å²) in [6.45, 7) is 3.89. The van der Waals surface area contributed by atoms with Gasteiger partial charge in [-0.15, -0.1) is 11.3 Å². The van der Waals surface area contributed by atoms with E-state index in [1.54, 1.807) is 35.6 Å². The molecule has 1 N–H and O–H groups in total. The fraction of sp³-hybridized carbons (Fsp3) is 0.312. The van der Waals surface area contributed by atoms with E-state index < -0.39 is 10.0 Å². The second-order valence-corrected chi connectivity index (χ2v) is 8.43. The van der Waals surface area contributed by atoms with E-state index in [4.69, 9.17) is 5.26 Å². The topological polar surface area (TPSA) is 70.0 Å². The highest BCUT2D eigenvalue weighted by atomic mass is 32.2. The van der Waals surface area contributed by atoms with Crippen molar-refractivity contribution in [2.24, 2.45) is 0 Å². The summed E-state index contributed by atoms with van der Waals surface area (Å²) in [7, 11) is -3.43. The largest absolute Gasteiger partial charge is 0.216 e. The lowest BCUT2D eigenvalue weighted by Crippen LogP contribution is -2.34. The molecule has 0 aliphatic heterocycles. The Labute approximate surface area is 135 Å². The standard InChI is InChI=1S/C16H18N2O2S2/c1-12(8-16-7-6-13(2)21-16)18-22(19,20)11-15-5-3-4-14(9-15)10-17/h3-7,9,12,18H,8,11H2,1-2H3/t12-/m0/s1. The minimum absolute atomic E-state index is 0.115. The Bertz CT molecular complexity index is 788. The van der Waals surface area contributed by atoms with Gasteiger partial charge in [0.2, 0.25) is 10.0 Å². The van der Waals surface area contributed by atoms with E-state index in [1.165, 1.54) is 9.75 Å². The first-order valence-electron chi connectivity index (χ1n) is 6.92. The summed E-state index contributed by atoms with van der Waals surface area (Å²) < 4.78 is 27.1. The minimum atomic E-state index is -3.43. The van der Waals surface area contributed by atoms with Crippen LogP contribution in [0.1, 0.15) is 27.8 Å². The number of hydrogen-bond donors (Lipinski definition) is 1. The van der Waals surface area contributed by atoms with Crippen molar-refractivity contribution in [3.05, 3.63) is 57.3 Å². The molecule has 0 fully saturated rings. The summed E-state index contributed by atoms with van der Waals surface area (Å²) in [5.74, 6) is -0.115. The third-order valence-electron chi connectivity index (χ3n) is 3.10. The van der Waals surface area contributed by atoms with Gasteiger partial charge < -0.3 is 0 Å². The molecule has 22 heavy (non-hydrogen) atoms. The number of sulfonamides is 1. The molecule has 1 aromatic heterocycles. The number of nitrogens with one attached hydrogen (secondary N) is 1. The highest BCUT2D eigenvalue weighted by Gasteiger charge is 2.16. The SMILES string of the molecule is Cc1ccc(C[C@H](C)NS(=O)(=O)Cc2cccc(C#N)c2)s1. The second kappa shape index (κ2) is 7.05. The van der Waals surface area contributed by atoms with Crippen LogP contribution in [0.4, 0.5) is 0 Å². The Balaban J connectivity index is 1.99. The maximum absolute atomic E-state index is 12.2. The van der Waals surface area contributed by atoms with Crippen molar-refractivity contribution in [3.8, 4) is 6.07 Å². The van der Waals surface area contributed by atoms with Gasteiger partial charge in [-0.1, -0.05) is 12.1 Å². The Morgan fingerprint density at radius 1 is 1.32 bits per heavy atom. The van der Waals surface area contributed by atoms with E-state index in [9.17, 15) is 8.42 Å². The molecule has 2 rings (SSSR count). The van der Waals surface area contributed by atoms with Crippen molar-refractivity contribution in [1.29, 1.82) is 5.26 Å². The number of aryl methyl sites for hydroxylation is 1. The summed E-state index contributed by atoms with van der Waals surface area (Å²) in [6.07, 6.45) is 0.677. The maximum atomic E-state index is 12.2. The number of nitriles is 1. The molecule has 2 aromatic rings. The van der Waals surface area contributed by atoms with Crippen LogP contribution in [0.3, 0.4) is 0 Å². The van der Waals surface area contributed by atoms with Gasteiger partial charge in [-0.2, -0.15) is 5.26 Å². The van der Waals surface area contributed by atoms with Gasteiger partial charge in [-0.25, -0.2) is 13.1 Å². The second-order valence-electron chi connectivity index (χ2n) is 5.31. The zero-order valence-electron chi connectivity index (χ0n) is 12.5. The maximum Gasteiger partial charge on any atom is 0.216 e. The van der Waals surface area contributed by atoms with Crippen LogP contribution < -0.4 is 4.72 Å². The summed E-state index contributed by atoms with van der Waals surface area (Å²) in [5, 5.41) is 8.86. The van der Waals surface area contributed by atoms with Gasteiger partial charge in [0.15, 0.2) is 0 Å². The van der Waals surface area contributed by atoms with Crippen LogP contribution in [0.2, 0.25) is 0 Å². The average molecular weight is 334 g/mol. The van der Waals surface area contributed by atoms with Crippen LogP contribution in [0, 0.1) is 18.3 Å². The molecule has 116 valence electrons. The molecule has 6 heteroatoms. The Morgan fingerprint density at radius 3 is 2.73 bits per heavy atom. The van der Waals surface area contributed by atoms with Crippen LogP contribution >= 0.6 is 11.3 Å². The summed E-state index contributed by atoms with van der Waals surface area (Å²) >= 11 is 1.68. The summed E-state index contributed by atoms with van der Waals surface area (Å²) in [6, 6.07) is 12.6. The zero-order valence-corrected chi connectivity index (χ0v) is 14.2. The van der Waals surface area contributed by atoms with Crippen LogP contribution in [-0.4, -0.2) is 14.5 Å². The van der Waals surface area contributed by atoms with Gasteiger partial charge in [-0.05, 0) is 50.1 Å². The molecule has 0 spiro atoms. The molecule has 0 radical (unpaired) electrons. The normalized spacial score (nSPS) is 12.8. The van der Waals surface area contributed by atoms with Gasteiger partial charge in [0.25, 0.3) is 0 Å². The fourth-order valence-corrected chi connectivity index (χ4v) is 4.65. The van der Waals surface area contributed by atoms with E-state index in [0.29, 0.717) is 17.5 Å². The minimum Gasteiger partial charge on any atom is -0.212 e. The molecule has 1 heterocycles. The van der Waals surface area contributed by atoms with Crippen molar-refractivity contribution in [3.63, 3.8) is 0 Å². The van der Waals surface area contributed by atoms with Crippen molar-refractivity contribution in [2.45, 2.75) is 32.1 Å². The first-order chi connectivity index (χ1) is 10.4. The highest BCUT2D eigenvalue weighted by Crippen LogP contribution is 2.17. The number of nitrogens with zero attached hydrogens (tertiary/aromatic N) is 1. The molecule has 0 unspecified atom stereocenters. The lowest BCUT2D eigenvalue weighted by Gasteiger charge is -2.13. The van der Waals surface area contributed by atoms with Crippen LogP contribution in [0.25, 0.3) is 0 Å². The van der Waals surface area contributed by atoms with Crippen molar-refractivity contribution >= 4 is 21.4 Å². The molecule has 0 amide bonds. The summed E-state index contributed by atoms with van der Waals surface area (Å²) in [5.41, 5.74) is 1.08. The van der Waals surface area contributed by atoms with Crippen LogP contribution in [0.15, 0.2) is 36.4 Å². The van der Waals surface area contributed by atoms with Gasteiger partial charge in [0.1, 0.15) is 0 Å². The predicted octanol–water partition coefficient (Wildman–Crippen LogP) is 2.98. The molecule has 1 atom stereocenters. The van der Waals surface area contributed by atoms with Gasteiger partial charge in [0, 0.05) is 15.8 Å². The molecule has 4 nitrogen and oxygen atoms in total. The Kier molecular flexibility index (Phi) is 5.35. The van der Waals surface area contributed by atoms with Crippen molar-refractivity contribution in [2.75, 3.05) is 0 Å². The summed E-state index contributed by atoms with van der Waals surface area (Å²) in [4.78, 5) is 2.39. The first-order valence-corrected chi connectivity index (χ1v) is 9.39. The smallest absolute Gasteiger partial charge is 0.212 e. The van der Waals surface area contributed by atoms with Crippen molar-refractivity contribution < 1.29 is 8.42 Å². The molecular weight excluding hydrogens is 316 g/mol. The molecule has 0 aliphatic carbocycles. The lowest BCUT2D eigenvalue weighted by molar-refractivity contribution is 0.560. The van der Waals surface area contributed by atoms with E-state index >= 15 is 0 Å². The molecule has 1 aromatic carbocycles. The van der Waals surface area contributed by atoms with Crippen LogP contribution in [0.5, 0.6) is 0 Å². The van der Waals surface area contributed by atoms with Crippen molar-refractivity contribution in [1.82, 2.24) is 4.72 Å². The van der Waals surface area contributed by atoms with Crippen LogP contribution in [-0.2, 0) is 22.2 Å². The zero-order chi connectivity index (χ0) is 16.2. The lowest BCUT2D eigenvalue weighted by atomic mass is 10.2. The number of hydrogen-bond acceptors (Lipinski definition) is 4. The number of rotatable bonds is 6. The van der Waals surface area contributed by atoms with E-state index in [-0.39, 0.29) is 11.8 Å².